The minimum atomic E-state index is -0.413. The van der Waals surface area contributed by atoms with E-state index in [-0.39, 0.29) is 17.9 Å². The lowest BCUT2D eigenvalue weighted by molar-refractivity contribution is 0.103. The van der Waals surface area contributed by atoms with Gasteiger partial charge in [-0.15, -0.1) is 11.3 Å². The molecule has 5 heterocycles. The predicted octanol–water partition coefficient (Wildman–Crippen LogP) is 5.78. The third kappa shape index (κ3) is 6.07. The van der Waals surface area contributed by atoms with Gasteiger partial charge in [0.05, 0.1) is 17.8 Å². The Morgan fingerprint density at radius 3 is 2.59 bits per heavy atom. The normalized spacial score (nSPS) is 15.2. The van der Waals surface area contributed by atoms with Crippen LogP contribution in [0.1, 0.15) is 34.3 Å². The Morgan fingerprint density at radius 1 is 1.02 bits per heavy atom. The molecule has 0 radical (unpaired) electrons. The maximum absolute atomic E-state index is 14.1. The Morgan fingerprint density at radius 2 is 1.83 bits per heavy atom. The van der Waals surface area contributed by atoms with Crippen LogP contribution in [0.5, 0.6) is 0 Å². The van der Waals surface area contributed by atoms with E-state index in [4.69, 9.17) is 4.98 Å². The quantitative estimate of drug-likeness (QED) is 0.194. The molecule has 0 aliphatic carbocycles. The van der Waals surface area contributed by atoms with E-state index in [1.165, 1.54) is 17.8 Å². The largest absolute Gasteiger partial charge is 0.381 e. The number of rotatable bonds is 9. The summed E-state index contributed by atoms with van der Waals surface area (Å²) in [5.74, 6) is 0.0100. The minimum absolute atomic E-state index is 0.0713. The highest BCUT2D eigenvalue weighted by Crippen LogP contribution is 2.28. The second kappa shape index (κ2) is 12.7. The molecule has 1 aliphatic rings. The van der Waals surface area contributed by atoms with Gasteiger partial charge in [0.1, 0.15) is 10.7 Å². The monoisotopic (exact) mass is 630 g/mol. The third-order valence-corrected chi connectivity index (χ3v) is 9.14. The van der Waals surface area contributed by atoms with Gasteiger partial charge in [-0.3, -0.25) is 14.2 Å². The summed E-state index contributed by atoms with van der Waals surface area (Å²) in [4.78, 5) is 43.9. The van der Waals surface area contributed by atoms with E-state index in [9.17, 15) is 9.59 Å². The van der Waals surface area contributed by atoms with Crippen LogP contribution in [0.3, 0.4) is 0 Å². The fraction of sp³-hybridized carbons (Fsp3) is 0.229. The van der Waals surface area contributed by atoms with Crippen molar-refractivity contribution in [1.29, 1.82) is 0 Å². The van der Waals surface area contributed by atoms with Crippen LogP contribution < -0.4 is 16.2 Å². The number of nitrogens with one attached hydrogen (secondary N) is 2. The third-order valence-electron chi connectivity index (χ3n) is 8.36. The van der Waals surface area contributed by atoms with E-state index in [0.29, 0.717) is 28.6 Å². The lowest BCUT2D eigenvalue weighted by Crippen LogP contribution is -2.39. The number of ketones is 1. The Labute approximate surface area is 270 Å². The summed E-state index contributed by atoms with van der Waals surface area (Å²) in [5, 5.41) is 10.3. The Balaban J connectivity index is 1.24. The first-order valence-corrected chi connectivity index (χ1v) is 16.2. The highest BCUT2D eigenvalue weighted by atomic mass is 32.1. The van der Waals surface area contributed by atoms with Crippen molar-refractivity contribution in [2.75, 3.05) is 30.8 Å². The van der Waals surface area contributed by atoms with E-state index in [0.717, 1.165) is 47.2 Å². The standard InChI is InChI=1S/C35H34N8O2S/c1-41-16-6-9-28(22-41)38-26-10-12-27(13-11-26)39-35-37-20-25-19-29(31(44)23-7-4-3-5-8-23)34(45)43(32(25)40-35)21-24-14-17-42(2)30(24)33-36-15-18-46-33/h3-5,7-8,10-15,17-20,28,38H,6,9,16,21-22H2,1-2H3,(H,37,39,40). The van der Waals surface area contributed by atoms with Crippen LogP contribution in [-0.4, -0.2) is 60.9 Å². The molecule has 0 saturated carbocycles. The molecule has 6 aromatic rings. The topological polar surface area (TPSA) is 110 Å². The summed E-state index contributed by atoms with van der Waals surface area (Å²) in [6.07, 6.45) is 7.72. The minimum Gasteiger partial charge on any atom is -0.381 e. The molecule has 7 rings (SSSR count). The Hall–Kier alpha value is -5.13. The van der Waals surface area contributed by atoms with Crippen molar-refractivity contribution in [3.63, 3.8) is 0 Å². The number of hydrogen-bond acceptors (Lipinski definition) is 9. The van der Waals surface area contributed by atoms with Gasteiger partial charge >= 0.3 is 0 Å². The van der Waals surface area contributed by atoms with Gasteiger partial charge in [0, 0.05) is 71.5 Å². The number of carbonyl (C=O) groups excluding carboxylic acids is 1. The summed E-state index contributed by atoms with van der Waals surface area (Å²) < 4.78 is 3.56. The molecule has 0 amide bonds. The van der Waals surface area contributed by atoms with Crippen LogP contribution in [0.25, 0.3) is 21.7 Å². The zero-order valence-electron chi connectivity index (χ0n) is 25.7. The molecule has 1 aliphatic heterocycles. The fourth-order valence-corrected chi connectivity index (χ4v) is 6.84. The Bertz CT molecular complexity index is 2050. The molecule has 232 valence electrons. The van der Waals surface area contributed by atoms with Crippen LogP contribution in [0, 0.1) is 0 Å². The van der Waals surface area contributed by atoms with E-state index in [1.54, 1.807) is 47.3 Å². The molecule has 4 aromatic heterocycles. The SMILES string of the molecule is CN1CCCC(Nc2ccc(Nc3ncc4cc(C(=O)c5ccccc5)c(=O)n(Cc5ccn(C)c5-c5nccs5)c4n3)cc2)C1. The molecule has 10 nitrogen and oxygen atoms in total. The van der Waals surface area contributed by atoms with E-state index in [2.05, 4.69) is 32.5 Å². The van der Waals surface area contributed by atoms with Gasteiger partial charge in [0.25, 0.3) is 5.56 Å². The van der Waals surface area contributed by atoms with Crippen molar-refractivity contribution in [3.05, 3.63) is 118 Å². The molecule has 46 heavy (non-hydrogen) atoms. The number of anilines is 3. The number of hydrogen-bond donors (Lipinski definition) is 2. The first-order valence-electron chi connectivity index (χ1n) is 15.3. The highest BCUT2D eigenvalue weighted by Gasteiger charge is 2.21. The average Bonchev–Trinajstić information content (AvgIpc) is 3.73. The first-order chi connectivity index (χ1) is 22.4. The smallest absolute Gasteiger partial charge is 0.263 e. The van der Waals surface area contributed by atoms with Gasteiger partial charge in [-0.1, -0.05) is 30.3 Å². The number of benzene rings is 2. The Kier molecular flexibility index (Phi) is 8.17. The van der Waals surface area contributed by atoms with Crippen molar-refractivity contribution in [3.8, 4) is 10.7 Å². The molecule has 2 N–H and O–H groups in total. The molecule has 1 fully saturated rings. The number of thiazole rings is 1. The number of aryl methyl sites for hydroxylation is 1. The number of likely N-dealkylation sites (tertiary alicyclic amines) is 1. The zero-order valence-corrected chi connectivity index (χ0v) is 26.5. The van der Waals surface area contributed by atoms with E-state index in [1.807, 2.05) is 59.6 Å². The first kappa shape index (κ1) is 29.6. The number of aromatic nitrogens is 5. The van der Waals surface area contributed by atoms with Crippen LogP contribution in [-0.2, 0) is 13.6 Å². The van der Waals surface area contributed by atoms with Crippen LogP contribution in [0.15, 0.2) is 95.5 Å². The fourth-order valence-electron chi connectivity index (χ4n) is 6.08. The van der Waals surface area contributed by atoms with Crippen molar-refractivity contribution in [1.82, 2.24) is 29.0 Å². The van der Waals surface area contributed by atoms with Crippen molar-refractivity contribution >= 4 is 45.5 Å². The van der Waals surface area contributed by atoms with Gasteiger partial charge in [-0.2, -0.15) is 4.98 Å². The van der Waals surface area contributed by atoms with Crippen molar-refractivity contribution < 1.29 is 4.79 Å². The molecule has 0 spiro atoms. The summed E-state index contributed by atoms with van der Waals surface area (Å²) in [6.45, 7) is 2.37. The van der Waals surface area contributed by atoms with Crippen molar-refractivity contribution in [2.45, 2.75) is 25.4 Å². The number of likely N-dealkylation sites (N-methyl/N-ethyl adjacent to an activating group) is 1. The number of nitrogens with zero attached hydrogens (tertiary/aromatic N) is 6. The number of pyridine rings is 1. The summed E-state index contributed by atoms with van der Waals surface area (Å²) >= 11 is 1.53. The average molecular weight is 631 g/mol. The van der Waals surface area contributed by atoms with Crippen LogP contribution >= 0.6 is 11.3 Å². The molecular formula is C35H34N8O2S. The van der Waals surface area contributed by atoms with Crippen LogP contribution in [0.2, 0.25) is 0 Å². The predicted molar refractivity (Wildman–Crippen MR) is 183 cm³/mol. The van der Waals surface area contributed by atoms with Gasteiger partial charge in [-0.05, 0) is 62.8 Å². The summed E-state index contributed by atoms with van der Waals surface area (Å²) in [6, 6.07) is 20.9. The van der Waals surface area contributed by atoms with Gasteiger partial charge in [0.2, 0.25) is 5.95 Å². The molecule has 0 bridgehead atoms. The number of carbonyl (C=O) groups is 1. The van der Waals surface area contributed by atoms with Crippen LogP contribution in [0.4, 0.5) is 17.3 Å². The van der Waals surface area contributed by atoms with Crippen molar-refractivity contribution in [2.24, 2.45) is 7.05 Å². The number of fused-ring (bicyclic) bond motifs is 1. The van der Waals surface area contributed by atoms with Gasteiger partial charge in [-0.25, -0.2) is 9.97 Å². The lowest BCUT2D eigenvalue weighted by Gasteiger charge is -2.30. The molecule has 1 unspecified atom stereocenters. The van der Waals surface area contributed by atoms with Gasteiger partial charge < -0.3 is 20.1 Å². The molecular weight excluding hydrogens is 597 g/mol. The number of piperidine rings is 1. The summed E-state index contributed by atoms with van der Waals surface area (Å²) in [7, 11) is 4.11. The molecule has 1 saturated heterocycles. The second-order valence-corrected chi connectivity index (χ2v) is 12.6. The maximum Gasteiger partial charge on any atom is 0.263 e. The molecule has 11 heteroatoms. The highest BCUT2D eigenvalue weighted by molar-refractivity contribution is 7.13. The second-order valence-electron chi connectivity index (χ2n) is 11.7. The van der Waals surface area contributed by atoms with E-state index < -0.39 is 5.56 Å². The molecule has 1 atom stereocenters. The molecule has 2 aromatic carbocycles. The van der Waals surface area contributed by atoms with Gasteiger partial charge in [0.15, 0.2) is 5.78 Å². The summed E-state index contributed by atoms with van der Waals surface area (Å²) in [5.41, 5.74) is 4.23. The zero-order chi connectivity index (χ0) is 31.6. The maximum atomic E-state index is 14.1. The van der Waals surface area contributed by atoms with E-state index >= 15 is 0 Å². The lowest BCUT2D eigenvalue weighted by atomic mass is 10.0.